The van der Waals surface area contributed by atoms with E-state index >= 15 is 0 Å². The quantitative estimate of drug-likeness (QED) is 0.180. The van der Waals surface area contributed by atoms with Crippen LogP contribution in [0.1, 0.15) is 75.7 Å². The number of ether oxygens (including phenoxy) is 1. The second-order valence-corrected chi connectivity index (χ2v) is 17.9. The number of hydrogen-bond acceptors (Lipinski definition) is 10. The van der Waals surface area contributed by atoms with Crippen LogP contribution in [-0.4, -0.2) is 121 Å². The van der Waals surface area contributed by atoms with Gasteiger partial charge in [-0.1, -0.05) is 75.4 Å². The predicted octanol–water partition coefficient (Wildman–Crippen LogP) is 4.00. The highest BCUT2D eigenvalue weighted by molar-refractivity contribution is 5.97. The Hall–Kier alpha value is -3.78. The zero-order chi connectivity index (χ0) is 41.3. The van der Waals surface area contributed by atoms with Gasteiger partial charge in [0.25, 0.3) is 5.91 Å². The molecule has 4 aliphatic carbocycles. The minimum Gasteiger partial charge on any atom is -0.496 e. The molecular weight excluding hydrogens is 723 g/mol. The number of carbonyl (C=O) groups is 2. The molecule has 7 rings (SSSR count). The Morgan fingerprint density at radius 2 is 1.77 bits per heavy atom. The van der Waals surface area contributed by atoms with E-state index in [1.54, 1.807) is 19.1 Å². The van der Waals surface area contributed by atoms with Gasteiger partial charge in [0.1, 0.15) is 24.0 Å². The van der Waals surface area contributed by atoms with E-state index in [1.165, 1.54) is 6.42 Å². The number of methoxy groups -OCH3 is 1. The second-order valence-electron chi connectivity index (χ2n) is 17.9. The van der Waals surface area contributed by atoms with Gasteiger partial charge in [0.2, 0.25) is 5.91 Å². The second kappa shape index (κ2) is 17.6. The molecular formula is C45H65N5O7. The maximum atomic E-state index is 14.3. The average Bonchev–Trinajstić information content (AvgIpc) is 3.56. The Bertz CT molecular complexity index is 1790. The fourth-order valence-corrected chi connectivity index (χ4v) is 10.1. The summed E-state index contributed by atoms with van der Waals surface area (Å²) in [6.45, 7) is 8.79. The third kappa shape index (κ3) is 8.82. The van der Waals surface area contributed by atoms with Crippen LogP contribution in [0, 0.1) is 29.1 Å². The van der Waals surface area contributed by atoms with Crippen LogP contribution in [0.4, 0.5) is 0 Å². The molecule has 5 aliphatic rings. The van der Waals surface area contributed by atoms with Gasteiger partial charge in [0, 0.05) is 60.9 Å². The Morgan fingerprint density at radius 3 is 2.37 bits per heavy atom. The first-order valence-corrected chi connectivity index (χ1v) is 20.5. The molecule has 2 aromatic rings. The summed E-state index contributed by atoms with van der Waals surface area (Å²) in [6.07, 6.45) is 3.99. The van der Waals surface area contributed by atoms with Crippen LogP contribution in [0.25, 0.3) is 0 Å². The van der Waals surface area contributed by atoms with E-state index < -0.39 is 36.3 Å². The third-order valence-electron chi connectivity index (χ3n) is 13.5. The number of hydroxylamine groups is 2. The molecule has 3 saturated carbocycles. The van der Waals surface area contributed by atoms with Gasteiger partial charge in [0.05, 0.1) is 32.4 Å². The van der Waals surface area contributed by atoms with Gasteiger partial charge in [-0.3, -0.25) is 14.4 Å². The number of aliphatic hydroxyl groups is 3. The number of nitrogens with zero attached hydrogens (tertiary/aromatic N) is 3. The van der Waals surface area contributed by atoms with Crippen LogP contribution >= 0.6 is 0 Å². The summed E-state index contributed by atoms with van der Waals surface area (Å²) in [6, 6.07) is 13.8. The summed E-state index contributed by atoms with van der Waals surface area (Å²) in [4.78, 5) is 38.6. The van der Waals surface area contributed by atoms with Gasteiger partial charge >= 0.3 is 0 Å². The molecule has 12 nitrogen and oxygen atoms in total. The molecule has 11 atom stereocenters. The average molecular weight is 788 g/mol. The number of para-hydroxylation sites is 1. The number of likely N-dealkylation sites (N-methyl/N-ethyl adjacent to an activating group) is 1. The van der Waals surface area contributed by atoms with Gasteiger partial charge in [-0.15, -0.1) is 0 Å². The minimum absolute atomic E-state index is 0.0278. The number of benzene rings is 2. The number of hydrogen-bond donors (Lipinski definition) is 5. The lowest BCUT2D eigenvalue weighted by Crippen LogP contribution is -2.62. The molecule has 1 heterocycles. The highest BCUT2D eigenvalue weighted by Gasteiger charge is 2.57. The van der Waals surface area contributed by atoms with Gasteiger partial charge < -0.3 is 40.5 Å². The molecule has 2 bridgehead atoms. The first-order chi connectivity index (χ1) is 27.0. The SMILES string of the molecule is COc1c(CN2O[C@@H](CO)[C@@H]([C@H](C)O)[C@H]2C(=O)N[C@H]2C[C@H]3C[C@@H]([C@@H]2C)C3(C)C)cccc1C1C=C(C(=O)N[C@@H](CN(C)C)C(O)c2ccccc2)C=C(N(C)C)C1. The first-order valence-electron chi connectivity index (χ1n) is 20.5. The number of fused-ring (bicyclic) bond motifs is 2. The molecule has 2 unspecified atom stereocenters. The summed E-state index contributed by atoms with van der Waals surface area (Å²) in [5.74, 6) is 0.647. The van der Waals surface area contributed by atoms with Gasteiger partial charge in [-0.2, -0.15) is 5.06 Å². The third-order valence-corrected chi connectivity index (χ3v) is 13.5. The number of allylic oxidation sites excluding steroid dienone is 2. The zero-order valence-electron chi connectivity index (χ0n) is 35.2. The molecule has 0 radical (unpaired) electrons. The van der Waals surface area contributed by atoms with Crippen molar-refractivity contribution >= 4 is 11.8 Å². The van der Waals surface area contributed by atoms with E-state index in [9.17, 15) is 24.9 Å². The van der Waals surface area contributed by atoms with E-state index in [4.69, 9.17) is 9.57 Å². The molecule has 312 valence electrons. The Balaban J connectivity index is 1.27. The van der Waals surface area contributed by atoms with Crippen LogP contribution in [0.3, 0.4) is 0 Å². The number of amides is 2. The lowest BCUT2D eigenvalue weighted by molar-refractivity contribution is -0.183. The van der Waals surface area contributed by atoms with E-state index in [0.29, 0.717) is 42.0 Å². The zero-order valence-corrected chi connectivity index (χ0v) is 35.2. The van der Waals surface area contributed by atoms with Crippen LogP contribution in [0.5, 0.6) is 5.75 Å². The van der Waals surface area contributed by atoms with E-state index in [1.807, 2.05) is 98.7 Å². The predicted molar refractivity (Wildman–Crippen MR) is 220 cm³/mol. The van der Waals surface area contributed by atoms with Crippen LogP contribution < -0.4 is 15.4 Å². The summed E-state index contributed by atoms with van der Waals surface area (Å²) < 4.78 is 6.13. The maximum Gasteiger partial charge on any atom is 0.251 e. The van der Waals surface area contributed by atoms with Crippen LogP contribution in [0.15, 0.2) is 72.0 Å². The van der Waals surface area contributed by atoms with E-state index in [-0.39, 0.29) is 42.3 Å². The lowest BCUT2D eigenvalue weighted by atomic mass is 9.45. The van der Waals surface area contributed by atoms with Crippen molar-refractivity contribution in [3.8, 4) is 5.75 Å². The van der Waals surface area contributed by atoms with Gasteiger partial charge in [0.15, 0.2) is 0 Å². The van der Waals surface area contributed by atoms with Crippen molar-refractivity contribution in [3.63, 3.8) is 0 Å². The van der Waals surface area contributed by atoms with Crippen molar-refractivity contribution in [2.24, 2.45) is 29.1 Å². The Labute approximate surface area is 338 Å². The molecule has 57 heavy (non-hydrogen) atoms. The molecule has 2 aromatic carbocycles. The normalized spacial score (nSPS) is 29.7. The highest BCUT2D eigenvalue weighted by Crippen LogP contribution is 2.61. The summed E-state index contributed by atoms with van der Waals surface area (Å²) >= 11 is 0. The molecule has 0 aromatic heterocycles. The fourth-order valence-electron chi connectivity index (χ4n) is 10.1. The number of carbonyl (C=O) groups excluding carboxylic acids is 2. The highest BCUT2D eigenvalue weighted by atomic mass is 16.7. The molecule has 0 spiro atoms. The summed E-state index contributed by atoms with van der Waals surface area (Å²) in [7, 11) is 9.34. The van der Waals surface area contributed by atoms with Crippen molar-refractivity contribution < 1.29 is 34.5 Å². The molecule has 5 N–H and O–H groups in total. The topological polar surface area (TPSA) is 147 Å². The largest absolute Gasteiger partial charge is 0.496 e. The smallest absolute Gasteiger partial charge is 0.251 e. The van der Waals surface area contributed by atoms with E-state index in [2.05, 4.69) is 31.4 Å². The number of nitrogens with one attached hydrogen (secondary N) is 2. The number of rotatable bonds is 15. The number of aliphatic hydroxyl groups excluding tert-OH is 3. The maximum absolute atomic E-state index is 14.3. The van der Waals surface area contributed by atoms with Gasteiger partial charge in [-0.05, 0) is 75.1 Å². The van der Waals surface area contributed by atoms with E-state index in [0.717, 1.165) is 28.8 Å². The van der Waals surface area contributed by atoms with Crippen molar-refractivity contribution in [2.45, 2.75) is 95.9 Å². The van der Waals surface area contributed by atoms with Crippen molar-refractivity contribution in [2.75, 3.05) is 48.5 Å². The molecule has 2 amide bonds. The van der Waals surface area contributed by atoms with Crippen molar-refractivity contribution in [1.82, 2.24) is 25.5 Å². The Morgan fingerprint density at radius 1 is 1.05 bits per heavy atom. The molecule has 1 aliphatic heterocycles. The van der Waals surface area contributed by atoms with Gasteiger partial charge in [-0.25, -0.2) is 0 Å². The summed E-state index contributed by atoms with van der Waals surface area (Å²) in [5, 5.41) is 40.8. The van der Waals surface area contributed by atoms with Crippen LogP contribution in [-0.2, 0) is 21.0 Å². The molecule has 1 saturated heterocycles. The first kappa shape index (κ1) is 42.8. The standard InChI is InChI=1S/C45H65N5O7/c1-26-35-21-32(45(35,3)4)22-36(26)46-44(55)40-39(27(2)52)38(25-51)57-50(40)23-29-16-13-17-34(42(29)56-9)30-18-31(20-33(19-30)49(7)8)43(54)47-37(24-48(5)6)41(53)28-14-11-10-12-15-28/h10-18,20,26-27,30,32,35-41,51-53H,19,21-25H2,1-9H3,(H,46,55)(H,47,54)/t26-,27-,30?,32+,35-,36-,37-,38-,39+,40-,41?/m0/s1. The summed E-state index contributed by atoms with van der Waals surface area (Å²) in [5.41, 5.74) is 4.07. The molecule has 12 heteroatoms. The Kier molecular flexibility index (Phi) is 13.2. The van der Waals surface area contributed by atoms with Crippen LogP contribution in [0.2, 0.25) is 0 Å². The minimum atomic E-state index is -0.911. The molecule has 4 fully saturated rings. The van der Waals surface area contributed by atoms with Crippen molar-refractivity contribution in [3.05, 3.63) is 88.6 Å². The lowest BCUT2D eigenvalue weighted by Gasteiger charge is -2.62. The fraction of sp³-hybridized carbons (Fsp3) is 0.600. The van der Waals surface area contributed by atoms with Crippen molar-refractivity contribution in [1.29, 1.82) is 0 Å². The monoisotopic (exact) mass is 787 g/mol.